The number of fused-ring (bicyclic) bond motifs is 5. The van der Waals surface area contributed by atoms with Gasteiger partial charge in [0.2, 0.25) is 0 Å². The summed E-state index contributed by atoms with van der Waals surface area (Å²) in [5, 5.41) is 4.44. The summed E-state index contributed by atoms with van der Waals surface area (Å²) in [5.74, 6) is 2.32. The quantitative estimate of drug-likeness (QED) is 0.644. The van der Waals surface area contributed by atoms with Crippen molar-refractivity contribution in [2.45, 2.75) is 65.7 Å². The van der Waals surface area contributed by atoms with Crippen LogP contribution in [0, 0.1) is 35.5 Å². The number of rotatable bonds is 1. The minimum Gasteiger partial charge on any atom is -0.295 e. The number of hydrogen-bond acceptors (Lipinski definition) is 3. The molecule has 5 rings (SSSR count). The molecule has 0 radical (unpaired) electrons. The second-order valence-corrected chi connectivity index (χ2v) is 10.5. The number of Topliss-reactive ketones (excluding diaryl/α,β-unsaturated/α-hetero) is 1. The van der Waals surface area contributed by atoms with Crippen LogP contribution in [0.25, 0.3) is 6.08 Å². The van der Waals surface area contributed by atoms with Crippen molar-refractivity contribution in [3.8, 4) is 0 Å². The van der Waals surface area contributed by atoms with Crippen LogP contribution in [0.15, 0.2) is 23.4 Å². The average Bonchev–Trinajstić information content (AvgIpc) is 3.12. The van der Waals surface area contributed by atoms with Gasteiger partial charge in [-0.25, -0.2) is 0 Å². The predicted octanol–water partition coefficient (Wildman–Crippen LogP) is 4.82. The fourth-order valence-corrected chi connectivity index (χ4v) is 7.31. The molecule has 3 saturated carbocycles. The Bertz CT molecular complexity index is 967. The largest absolute Gasteiger partial charge is 0.295 e. The first-order valence-electron chi connectivity index (χ1n) is 11.2. The zero-order chi connectivity index (χ0) is 20.6. The Morgan fingerprint density at radius 3 is 2.62 bits per heavy atom. The molecule has 1 heterocycles. The van der Waals surface area contributed by atoms with E-state index < -0.39 is 0 Å². The van der Waals surface area contributed by atoms with E-state index in [1.165, 1.54) is 5.57 Å². The van der Waals surface area contributed by atoms with E-state index in [-0.39, 0.29) is 10.8 Å². The molecule has 5 atom stereocenters. The second-order valence-electron chi connectivity index (χ2n) is 10.5. The number of aryl methyl sites for hydroxylation is 2. The monoisotopic (exact) mass is 392 g/mol. The van der Waals surface area contributed by atoms with Crippen molar-refractivity contribution in [1.82, 2.24) is 9.78 Å². The molecule has 0 unspecified atom stereocenters. The van der Waals surface area contributed by atoms with Gasteiger partial charge in [-0.2, -0.15) is 5.10 Å². The molecule has 4 aliphatic rings. The fraction of sp³-hybridized carbons (Fsp3) is 0.640. The molecule has 4 heteroatoms. The molecule has 29 heavy (non-hydrogen) atoms. The number of carbonyl (C=O) groups excluding carboxylic acids is 2. The number of aromatic nitrogens is 2. The first-order valence-corrected chi connectivity index (χ1v) is 11.2. The zero-order valence-corrected chi connectivity index (χ0v) is 18.1. The summed E-state index contributed by atoms with van der Waals surface area (Å²) in [4.78, 5) is 25.5. The molecule has 4 aliphatic carbocycles. The normalized spacial score (nSPS) is 40.5. The topological polar surface area (TPSA) is 52.0 Å². The molecule has 4 nitrogen and oxygen atoms in total. The third-order valence-corrected chi connectivity index (χ3v) is 8.98. The highest BCUT2D eigenvalue weighted by atomic mass is 16.1. The van der Waals surface area contributed by atoms with E-state index in [2.05, 4.69) is 25.0 Å². The highest BCUT2D eigenvalue weighted by Crippen LogP contribution is 2.65. The predicted molar refractivity (Wildman–Crippen MR) is 113 cm³/mol. The van der Waals surface area contributed by atoms with Crippen LogP contribution >= 0.6 is 0 Å². The Morgan fingerprint density at radius 2 is 1.90 bits per heavy atom. The van der Waals surface area contributed by atoms with Gasteiger partial charge in [0.05, 0.1) is 5.69 Å². The zero-order valence-electron chi connectivity index (χ0n) is 18.1. The van der Waals surface area contributed by atoms with Crippen LogP contribution in [0.3, 0.4) is 0 Å². The Morgan fingerprint density at radius 1 is 1.10 bits per heavy atom. The fourth-order valence-electron chi connectivity index (χ4n) is 7.31. The maximum absolute atomic E-state index is 13.5. The summed E-state index contributed by atoms with van der Waals surface area (Å²) in [6, 6.07) is 0. The van der Waals surface area contributed by atoms with Crippen molar-refractivity contribution in [1.29, 1.82) is 0 Å². The van der Waals surface area contributed by atoms with Gasteiger partial charge >= 0.3 is 0 Å². The minimum atomic E-state index is -0.217. The van der Waals surface area contributed by atoms with Gasteiger partial charge in [-0.1, -0.05) is 19.4 Å². The lowest BCUT2D eigenvalue weighted by Crippen LogP contribution is -2.50. The van der Waals surface area contributed by atoms with Gasteiger partial charge in [0.15, 0.2) is 11.6 Å². The smallest absolute Gasteiger partial charge is 0.165 e. The second kappa shape index (κ2) is 6.26. The van der Waals surface area contributed by atoms with E-state index in [9.17, 15) is 9.59 Å². The van der Waals surface area contributed by atoms with Gasteiger partial charge < -0.3 is 0 Å². The van der Waals surface area contributed by atoms with E-state index in [1.807, 2.05) is 30.9 Å². The molecule has 0 saturated heterocycles. The third kappa shape index (κ3) is 2.67. The molecule has 0 bridgehead atoms. The molecule has 154 valence electrons. The van der Waals surface area contributed by atoms with Crippen molar-refractivity contribution in [3.63, 3.8) is 0 Å². The van der Waals surface area contributed by atoms with Crippen molar-refractivity contribution >= 4 is 17.6 Å². The van der Waals surface area contributed by atoms with E-state index in [0.717, 1.165) is 55.4 Å². The van der Waals surface area contributed by atoms with Crippen molar-refractivity contribution in [2.75, 3.05) is 0 Å². The summed E-state index contributed by atoms with van der Waals surface area (Å²) in [5.41, 5.74) is 4.39. The lowest BCUT2D eigenvalue weighted by Gasteiger charge is -2.56. The average molecular weight is 393 g/mol. The first-order chi connectivity index (χ1) is 13.7. The maximum atomic E-state index is 13.5. The Balaban J connectivity index is 1.49. The molecule has 0 amide bonds. The van der Waals surface area contributed by atoms with Crippen LogP contribution in [-0.2, 0) is 16.6 Å². The SMILES string of the molecule is Cc1nn(C)cc1/C=C1\C[C@@H]2[C@H]3CCC4=CC(=O)CC[C@@]4(C)[C@@H]3CC[C@]2(C)C1=O. The van der Waals surface area contributed by atoms with E-state index >= 15 is 0 Å². The number of carbonyl (C=O) groups is 2. The van der Waals surface area contributed by atoms with Crippen molar-refractivity contribution in [2.24, 2.45) is 35.6 Å². The molecule has 1 aromatic heterocycles. The van der Waals surface area contributed by atoms with Crippen LogP contribution in [0.1, 0.15) is 70.1 Å². The number of nitrogens with zero attached hydrogens (tertiary/aromatic N) is 2. The molecular formula is C25H32N2O2. The molecule has 0 N–H and O–H groups in total. The van der Waals surface area contributed by atoms with Crippen molar-refractivity contribution in [3.05, 3.63) is 34.7 Å². The number of allylic oxidation sites excluding steroid dienone is 2. The van der Waals surface area contributed by atoms with E-state index in [0.29, 0.717) is 35.7 Å². The van der Waals surface area contributed by atoms with Crippen LogP contribution in [0.2, 0.25) is 0 Å². The summed E-state index contributed by atoms with van der Waals surface area (Å²) in [6.45, 7) is 6.64. The molecular weight excluding hydrogens is 360 g/mol. The van der Waals surface area contributed by atoms with Crippen LogP contribution in [-0.4, -0.2) is 21.3 Å². The summed E-state index contributed by atoms with van der Waals surface area (Å²) >= 11 is 0. The molecule has 0 spiro atoms. The Kier molecular flexibility index (Phi) is 4.11. The number of hydrogen-bond donors (Lipinski definition) is 0. The lowest BCUT2D eigenvalue weighted by atomic mass is 9.47. The summed E-state index contributed by atoms with van der Waals surface area (Å²) in [7, 11) is 1.93. The van der Waals surface area contributed by atoms with Gasteiger partial charge in [0, 0.05) is 30.6 Å². The minimum absolute atomic E-state index is 0.160. The van der Waals surface area contributed by atoms with Crippen molar-refractivity contribution < 1.29 is 9.59 Å². The van der Waals surface area contributed by atoms with Gasteiger partial charge in [-0.05, 0) is 86.3 Å². The summed E-state index contributed by atoms with van der Waals surface area (Å²) in [6.07, 6.45) is 12.9. The number of ketones is 2. The van der Waals surface area contributed by atoms with Gasteiger partial charge in [-0.15, -0.1) is 0 Å². The molecule has 0 aromatic carbocycles. The van der Waals surface area contributed by atoms with E-state index in [1.54, 1.807) is 0 Å². The van der Waals surface area contributed by atoms with Crippen LogP contribution < -0.4 is 0 Å². The standard InChI is InChI=1S/C25H32N2O2/c1-15-17(14-27(4)26-15)11-16-12-22-20-6-5-18-13-19(28)7-9-24(18,2)21(20)8-10-25(22,3)23(16)29/h11,13-14,20-22H,5-10,12H2,1-4H3/b16-11+/t20-,21+,22+,24+,25-/m0/s1. The summed E-state index contributed by atoms with van der Waals surface area (Å²) < 4.78 is 1.83. The van der Waals surface area contributed by atoms with E-state index in [4.69, 9.17) is 0 Å². The lowest BCUT2D eigenvalue weighted by molar-refractivity contribution is -0.130. The Labute approximate surface area is 173 Å². The van der Waals surface area contributed by atoms with Gasteiger partial charge in [-0.3, -0.25) is 14.3 Å². The molecule has 1 aromatic rings. The Hall–Kier alpha value is -1.97. The van der Waals surface area contributed by atoms with Crippen LogP contribution in [0.5, 0.6) is 0 Å². The van der Waals surface area contributed by atoms with Gasteiger partial charge in [0.25, 0.3) is 0 Å². The maximum Gasteiger partial charge on any atom is 0.165 e. The van der Waals surface area contributed by atoms with Gasteiger partial charge in [0.1, 0.15) is 0 Å². The molecule has 3 fully saturated rings. The third-order valence-electron chi connectivity index (χ3n) is 8.98. The van der Waals surface area contributed by atoms with Crippen LogP contribution in [0.4, 0.5) is 0 Å². The highest BCUT2D eigenvalue weighted by molar-refractivity contribution is 6.06. The first kappa shape index (κ1) is 19.0. The molecule has 0 aliphatic heterocycles. The highest BCUT2D eigenvalue weighted by Gasteiger charge is 2.60.